The van der Waals surface area contributed by atoms with Crippen LogP contribution in [-0.4, -0.2) is 34.2 Å². The molecule has 0 bridgehead atoms. The Morgan fingerprint density at radius 2 is 1.77 bits per heavy atom. The molecular formula is C23H24N2O4S2. The van der Waals surface area contributed by atoms with Crippen LogP contribution in [0.1, 0.15) is 15.9 Å². The van der Waals surface area contributed by atoms with Gasteiger partial charge in [0.1, 0.15) is 10.6 Å². The first-order valence-corrected chi connectivity index (χ1v) is 12.3. The topological polar surface area (TPSA) is 84.5 Å². The summed E-state index contributed by atoms with van der Waals surface area (Å²) in [6, 6.07) is 21.4. The van der Waals surface area contributed by atoms with Gasteiger partial charge in [-0.15, -0.1) is 11.8 Å². The third kappa shape index (κ3) is 6.10. The van der Waals surface area contributed by atoms with Gasteiger partial charge >= 0.3 is 0 Å². The maximum atomic E-state index is 12.9. The molecule has 3 aromatic carbocycles. The van der Waals surface area contributed by atoms with E-state index >= 15 is 0 Å². The Morgan fingerprint density at radius 3 is 2.48 bits per heavy atom. The molecule has 0 fully saturated rings. The number of rotatable bonds is 9. The molecule has 3 aromatic rings. The summed E-state index contributed by atoms with van der Waals surface area (Å²) < 4.78 is 33.6. The van der Waals surface area contributed by atoms with E-state index < -0.39 is 15.9 Å². The van der Waals surface area contributed by atoms with Crippen molar-refractivity contribution in [2.24, 2.45) is 0 Å². The monoisotopic (exact) mass is 456 g/mol. The highest BCUT2D eigenvalue weighted by molar-refractivity contribution is 7.98. The van der Waals surface area contributed by atoms with E-state index in [0.29, 0.717) is 12.1 Å². The van der Waals surface area contributed by atoms with Crippen LogP contribution in [0.5, 0.6) is 5.75 Å². The van der Waals surface area contributed by atoms with Crippen LogP contribution in [0.4, 0.5) is 5.69 Å². The highest BCUT2D eigenvalue weighted by atomic mass is 32.2. The molecule has 0 saturated heterocycles. The van der Waals surface area contributed by atoms with Crippen molar-refractivity contribution in [2.75, 3.05) is 25.2 Å². The van der Waals surface area contributed by atoms with E-state index in [-0.39, 0.29) is 22.8 Å². The zero-order valence-electron chi connectivity index (χ0n) is 17.3. The molecule has 0 atom stereocenters. The highest BCUT2D eigenvalue weighted by Gasteiger charge is 2.21. The van der Waals surface area contributed by atoms with Gasteiger partial charge in [-0.1, -0.05) is 36.4 Å². The minimum Gasteiger partial charge on any atom is -0.495 e. The number of hydrogen-bond acceptors (Lipinski definition) is 5. The lowest BCUT2D eigenvalue weighted by atomic mass is 10.2. The van der Waals surface area contributed by atoms with Gasteiger partial charge in [0.15, 0.2) is 0 Å². The number of nitrogens with one attached hydrogen (secondary N) is 2. The predicted molar refractivity (Wildman–Crippen MR) is 125 cm³/mol. The number of thioether (sulfide) groups is 1. The Morgan fingerprint density at radius 1 is 1.00 bits per heavy atom. The summed E-state index contributed by atoms with van der Waals surface area (Å²) in [5.74, 6) is -0.227. The summed E-state index contributed by atoms with van der Waals surface area (Å²) >= 11 is 1.57. The summed E-state index contributed by atoms with van der Waals surface area (Å²) in [7, 11) is -2.48. The van der Waals surface area contributed by atoms with Gasteiger partial charge in [-0.05, 0) is 54.6 Å². The Hall–Kier alpha value is -2.81. The minimum absolute atomic E-state index is 0.0754. The molecule has 0 spiro atoms. The van der Waals surface area contributed by atoms with Gasteiger partial charge in [-0.25, -0.2) is 13.1 Å². The second kappa shape index (κ2) is 10.5. The number of methoxy groups -OCH3 is 1. The van der Waals surface area contributed by atoms with Gasteiger partial charge in [0.25, 0.3) is 5.91 Å². The minimum atomic E-state index is -3.87. The number of carbonyl (C=O) groups is 1. The molecule has 0 radical (unpaired) electrons. The van der Waals surface area contributed by atoms with E-state index in [4.69, 9.17) is 4.74 Å². The number of benzene rings is 3. The van der Waals surface area contributed by atoms with Crippen LogP contribution in [0.15, 0.2) is 82.6 Å². The van der Waals surface area contributed by atoms with Crippen LogP contribution >= 0.6 is 11.8 Å². The average molecular weight is 457 g/mol. The van der Waals surface area contributed by atoms with Gasteiger partial charge in [0.05, 0.1) is 7.11 Å². The molecule has 31 heavy (non-hydrogen) atoms. The van der Waals surface area contributed by atoms with Gasteiger partial charge in [0.2, 0.25) is 10.0 Å². The van der Waals surface area contributed by atoms with Crippen LogP contribution < -0.4 is 14.8 Å². The van der Waals surface area contributed by atoms with Crippen molar-refractivity contribution >= 4 is 33.4 Å². The lowest BCUT2D eigenvalue weighted by Gasteiger charge is -2.13. The molecule has 0 aliphatic heterocycles. The SMILES string of the molecule is COc1ccc(C(=O)Nc2cccc(SC)c2)cc1S(=O)(=O)NCCc1ccccc1. The molecule has 3 rings (SSSR count). The Bertz CT molecular complexity index is 1150. The highest BCUT2D eigenvalue weighted by Crippen LogP contribution is 2.26. The third-order valence-electron chi connectivity index (χ3n) is 4.59. The van der Waals surface area contributed by atoms with Crippen molar-refractivity contribution in [2.45, 2.75) is 16.2 Å². The normalized spacial score (nSPS) is 11.2. The number of hydrogen-bond donors (Lipinski definition) is 2. The van der Waals surface area contributed by atoms with E-state index in [0.717, 1.165) is 10.5 Å². The fraction of sp³-hybridized carbons (Fsp3) is 0.174. The number of ether oxygens (including phenoxy) is 1. The molecule has 0 saturated carbocycles. The first-order valence-electron chi connectivity index (χ1n) is 9.60. The fourth-order valence-corrected chi connectivity index (χ4v) is 4.67. The van der Waals surface area contributed by atoms with Crippen molar-refractivity contribution in [1.29, 1.82) is 0 Å². The van der Waals surface area contributed by atoms with E-state index in [1.807, 2.05) is 54.8 Å². The van der Waals surface area contributed by atoms with Gasteiger partial charge in [-0.2, -0.15) is 0 Å². The second-order valence-corrected chi connectivity index (χ2v) is 9.30. The summed E-state index contributed by atoms with van der Waals surface area (Å²) in [5.41, 5.74) is 1.88. The molecule has 0 aromatic heterocycles. The molecule has 8 heteroatoms. The Labute approximate surface area is 187 Å². The van der Waals surface area contributed by atoms with Crippen molar-refractivity contribution in [1.82, 2.24) is 4.72 Å². The molecule has 162 valence electrons. The van der Waals surface area contributed by atoms with Crippen LogP contribution in [0.2, 0.25) is 0 Å². The van der Waals surface area contributed by atoms with Crippen LogP contribution in [0.25, 0.3) is 0 Å². The van der Waals surface area contributed by atoms with Gasteiger partial charge in [0, 0.05) is 22.7 Å². The van der Waals surface area contributed by atoms with Crippen molar-refractivity contribution in [3.05, 3.63) is 83.9 Å². The van der Waals surface area contributed by atoms with Crippen molar-refractivity contribution < 1.29 is 17.9 Å². The Kier molecular flexibility index (Phi) is 7.73. The third-order valence-corrected chi connectivity index (χ3v) is 6.80. The van der Waals surface area contributed by atoms with Crippen LogP contribution in [-0.2, 0) is 16.4 Å². The first-order chi connectivity index (χ1) is 14.9. The average Bonchev–Trinajstić information content (AvgIpc) is 2.79. The molecule has 0 heterocycles. The van der Waals surface area contributed by atoms with Crippen LogP contribution in [0, 0.1) is 0 Å². The van der Waals surface area contributed by atoms with E-state index in [1.54, 1.807) is 17.8 Å². The molecule has 6 nitrogen and oxygen atoms in total. The standard InChI is InChI=1S/C23H24N2O4S2/c1-29-21-12-11-18(23(26)25-19-9-6-10-20(16-19)30-2)15-22(21)31(27,28)24-14-13-17-7-4-3-5-8-17/h3-12,15-16,24H,13-14H2,1-2H3,(H,25,26). The summed E-state index contributed by atoms with van der Waals surface area (Å²) in [6.07, 6.45) is 2.50. The number of amides is 1. The molecule has 0 unspecified atom stereocenters. The smallest absolute Gasteiger partial charge is 0.255 e. The second-order valence-electron chi connectivity index (χ2n) is 6.69. The van der Waals surface area contributed by atoms with E-state index in [1.165, 1.54) is 25.3 Å². The number of anilines is 1. The molecule has 1 amide bonds. The van der Waals surface area contributed by atoms with Gasteiger partial charge in [-0.3, -0.25) is 4.79 Å². The lowest BCUT2D eigenvalue weighted by molar-refractivity contribution is 0.102. The van der Waals surface area contributed by atoms with Gasteiger partial charge < -0.3 is 10.1 Å². The first kappa shape index (κ1) is 22.9. The Balaban J connectivity index is 1.77. The molecule has 0 aliphatic carbocycles. The number of sulfonamides is 1. The number of carbonyl (C=O) groups excluding carboxylic acids is 1. The largest absolute Gasteiger partial charge is 0.495 e. The zero-order chi connectivity index (χ0) is 22.3. The summed E-state index contributed by atoms with van der Waals surface area (Å²) in [6.45, 7) is 0.230. The summed E-state index contributed by atoms with van der Waals surface area (Å²) in [5, 5.41) is 2.81. The maximum absolute atomic E-state index is 12.9. The predicted octanol–water partition coefficient (Wildman–Crippen LogP) is 4.19. The molecule has 0 aliphatic rings. The summed E-state index contributed by atoms with van der Waals surface area (Å²) in [4.78, 5) is 13.7. The van der Waals surface area contributed by atoms with Crippen molar-refractivity contribution in [3.63, 3.8) is 0 Å². The van der Waals surface area contributed by atoms with Crippen LogP contribution in [0.3, 0.4) is 0 Å². The fourth-order valence-electron chi connectivity index (χ4n) is 2.98. The quantitative estimate of drug-likeness (QED) is 0.472. The molecule has 2 N–H and O–H groups in total. The van der Waals surface area contributed by atoms with Crippen molar-refractivity contribution in [3.8, 4) is 5.75 Å². The zero-order valence-corrected chi connectivity index (χ0v) is 18.9. The maximum Gasteiger partial charge on any atom is 0.255 e. The van der Waals surface area contributed by atoms with E-state index in [2.05, 4.69) is 10.0 Å². The van der Waals surface area contributed by atoms with E-state index in [9.17, 15) is 13.2 Å². The molecular weight excluding hydrogens is 432 g/mol. The lowest BCUT2D eigenvalue weighted by Crippen LogP contribution is -2.27.